The zero-order chi connectivity index (χ0) is 35.9. The number of methoxy groups -OCH3 is 2. The van der Waals surface area contributed by atoms with Gasteiger partial charge in [-0.15, -0.1) is 0 Å². The summed E-state index contributed by atoms with van der Waals surface area (Å²) in [6, 6.07) is 12.6. The minimum Gasteiger partial charge on any atom is -0.493 e. The highest BCUT2D eigenvalue weighted by molar-refractivity contribution is 6.00. The second kappa shape index (κ2) is 19.5. The van der Waals surface area contributed by atoms with E-state index in [2.05, 4.69) is 10.6 Å². The lowest BCUT2D eigenvalue weighted by Crippen LogP contribution is -2.46. The fourth-order valence-corrected chi connectivity index (χ4v) is 5.73. The van der Waals surface area contributed by atoms with Gasteiger partial charge in [-0.1, -0.05) is 19.9 Å². The van der Waals surface area contributed by atoms with Gasteiger partial charge in [-0.25, -0.2) is 8.78 Å². The number of benzene rings is 3. The van der Waals surface area contributed by atoms with E-state index >= 15 is 0 Å². The SMILES string of the molecule is CCCN(CCC)C(=O)c1cc(C)cc(C(=O)N[C@@H](Cc2cc(F)cc(F)c2)[C@@H](O)CCNC(=O)CCCc2ccc(OC)c(OC)c2)c1. The molecule has 0 bridgehead atoms. The molecule has 49 heavy (non-hydrogen) atoms. The highest BCUT2D eigenvalue weighted by Gasteiger charge is 2.24. The third-order valence-electron chi connectivity index (χ3n) is 8.10. The second-order valence-electron chi connectivity index (χ2n) is 12.2. The maximum Gasteiger partial charge on any atom is 0.253 e. The third kappa shape index (κ3) is 12.2. The zero-order valence-electron chi connectivity index (χ0n) is 29.1. The van der Waals surface area contributed by atoms with Gasteiger partial charge in [0.15, 0.2) is 11.5 Å². The Morgan fingerprint density at radius 1 is 0.857 bits per heavy atom. The summed E-state index contributed by atoms with van der Waals surface area (Å²) in [7, 11) is 3.13. The Kier molecular flexibility index (Phi) is 15.5. The molecule has 0 aliphatic rings. The number of hydrogen-bond acceptors (Lipinski definition) is 6. The molecule has 266 valence electrons. The molecule has 0 aliphatic heterocycles. The first-order valence-corrected chi connectivity index (χ1v) is 16.8. The lowest BCUT2D eigenvalue weighted by molar-refractivity contribution is -0.121. The summed E-state index contributed by atoms with van der Waals surface area (Å²) in [5, 5.41) is 16.8. The maximum absolute atomic E-state index is 14.0. The molecule has 0 saturated heterocycles. The molecule has 0 aromatic heterocycles. The van der Waals surface area contributed by atoms with E-state index in [4.69, 9.17) is 9.47 Å². The van der Waals surface area contributed by atoms with Crippen molar-refractivity contribution in [3.63, 3.8) is 0 Å². The summed E-state index contributed by atoms with van der Waals surface area (Å²) >= 11 is 0. The number of aryl methyl sites for hydroxylation is 2. The fraction of sp³-hybridized carbons (Fsp3) is 0.447. The molecule has 3 N–H and O–H groups in total. The van der Waals surface area contributed by atoms with Crippen molar-refractivity contribution in [1.29, 1.82) is 0 Å². The molecular weight excluding hydrogens is 632 g/mol. The first-order valence-electron chi connectivity index (χ1n) is 16.8. The Labute approximate surface area is 288 Å². The molecular formula is C38H49F2N3O6. The van der Waals surface area contributed by atoms with Crippen molar-refractivity contribution in [2.75, 3.05) is 33.9 Å². The summed E-state index contributed by atoms with van der Waals surface area (Å²) in [5.74, 6) is -1.23. The quantitative estimate of drug-likeness (QED) is 0.148. The van der Waals surface area contributed by atoms with E-state index in [-0.39, 0.29) is 48.7 Å². The van der Waals surface area contributed by atoms with Crippen LogP contribution in [0.25, 0.3) is 0 Å². The molecule has 0 heterocycles. The van der Waals surface area contributed by atoms with E-state index in [9.17, 15) is 28.3 Å². The van der Waals surface area contributed by atoms with Crippen LogP contribution in [-0.2, 0) is 17.6 Å². The van der Waals surface area contributed by atoms with Crippen molar-refractivity contribution in [1.82, 2.24) is 15.5 Å². The molecule has 0 saturated carbocycles. The maximum atomic E-state index is 14.0. The number of ether oxygens (including phenoxy) is 2. The summed E-state index contributed by atoms with van der Waals surface area (Å²) < 4.78 is 38.7. The number of halogens is 2. The zero-order valence-corrected chi connectivity index (χ0v) is 29.1. The molecule has 9 nitrogen and oxygen atoms in total. The van der Waals surface area contributed by atoms with Crippen LogP contribution in [0.3, 0.4) is 0 Å². The van der Waals surface area contributed by atoms with Crippen LogP contribution in [0, 0.1) is 18.6 Å². The summed E-state index contributed by atoms with van der Waals surface area (Å²) in [5.41, 5.74) is 2.56. The first-order chi connectivity index (χ1) is 23.5. The predicted octanol–water partition coefficient (Wildman–Crippen LogP) is 5.78. The molecule has 3 amide bonds. The van der Waals surface area contributed by atoms with Crippen LogP contribution in [0.4, 0.5) is 8.78 Å². The lowest BCUT2D eigenvalue weighted by atomic mass is 9.97. The van der Waals surface area contributed by atoms with Gasteiger partial charge in [-0.2, -0.15) is 0 Å². The van der Waals surface area contributed by atoms with Crippen molar-refractivity contribution in [2.45, 2.75) is 77.9 Å². The summed E-state index contributed by atoms with van der Waals surface area (Å²) in [6.45, 7) is 7.08. The Hall–Kier alpha value is -4.51. The Morgan fingerprint density at radius 2 is 1.51 bits per heavy atom. The Bertz CT molecular complexity index is 1540. The average Bonchev–Trinajstić information content (AvgIpc) is 3.06. The van der Waals surface area contributed by atoms with Gasteiger partial charge < -0.3 is 30.1 Å². The molecule has 11 heteroatoms. The topological polar surface area (TPSA) is 117 Å². The molecule has 0 radical (unpaired) electrons. The fourth-order valence-electron chi connectivity index (χ4n) is 5.73. The van der Waals surface area contributed by atoms with Crippen LogP contribution in [-0.4, -0.2) is 73.7 Å². The molecule has 3 aromatic carbocycles. The number of carbonyl (C=O) groups is 3. The van der Waals surface area contributed by atoms with Crippen molar-refractivity contribution < 1.29 is 37.7 Å². The molecule has 0 unspecified atom stereocenters. The van der Waals surface area contributed by atoms with Crippen molar-refractivity contribution in [2.24, 2.45) is 0 Å². The van der Waals surface area contributed by atoms with Crippen molar-refractivity contribution in [3.8, 4) is 11.5 Å². The van der Waals surface area contributed by atoms with Gasteiger partial charge in [0.25, 0.3) is 11.8 Å². The largest absolute Gasteiger partial charge is 0.493 e. The minimum absolute atomic E-state index is 0.0702. The number of aliphatic hydroxyl groups excluding tert-OH is 1. The van der Waals surface area contributed by atoms with E-state index in [1.54, 1.807) is 38.2 Å². The molecule has 0 aliphatic carbocycles. The van der Waals surface area contributed by atoms with Crippen LogP contribution in [0.1, 0.15) is 83.4 Å². The lowest BCUT2D eigenvalue weighted by Gasteiger charge is -2.25. The smallest absolute Gasteiger partial charge is 0.253 e. The number of aliphatic hydroxyl groups is 1. The number of carbonyl (C=O) groups excluding carboxylic acids is 3. The third-order valence-corrected chi connectivity index (χ3v) is 8.10. The molecule has 2 atom stereocenters. The number of hydrogen-bond donors (Lipinski definition) is 3. The van der Waals surface area contributed by atoms with Gasteiger partial charge in [0.2, 0.25) is 5.91 Å². The van der Waals surface area contributed by atoms with Crippen LogP contribution in [0.5, 0.6) is 11.5 Å². The number of rotatable bonds is 19. The van der Waals surface area contributed by atoms with E-state index in [0.717, 1.165) is 36.6 Å². The van der Waals surface area contributed by atoms with E-state index in [1.807, 2.05) is 32.0 Å². The van der Waals surface area contributed by atoms with E-state index in [0.29, 0.717) is 48.6 Å². The van der Waals surface area contributed by atoms with Crippen LogP contribution in [0.2, 0.25) is 0 Å². The molecule has 3 aromatic rings. The monoisotopic (exact) mass is 681 g/mol. The number of nitrogens with zero attached hydrogens (tertiary/aromatic N) is 1. The second-order valence-corrected chi connectivity index (χ2v) is 12.2. The number of amides is 3. The van der Waals surface area contributed by atoms with Crippen molar-refractivity contribution in [3.05, 3.63) is 94.0 Å². The standard InChI is InChI=1S/C38H49F2N3O6/c1-6-15-43(16-7-2)38(47)29-18-25(3)17-28(23-29)37(46)42-32(21-27-19-30(39)24-31(40)20-27)33(44)13-14-41-36(45)10-8-9-26-11-12-34(48-4)35(22-26)49-5/h11-12,17-20,22-24,32-33,44H,6-10,13-16,21H2,1-5H3,(H,41,45)(H,42,46)/t32-,33-/m0/s1. The first kappa shape index (κ1) is 38.9. The summed E-state index contributed by atoms with van der Waals surface area (Å²) in [6.07, 6.45) is 1.92. The van der Waals surface area contributed by atoms with Gasteiger partial charge in [-0.05, 0) is 105 Å². The van der Waals surface area contributed by atoms with Gasteiger partial charge in [0.05, 0.1) is 26.4 Å². The predicted molar refractivity (Wildman–Crippen MR) is 185 cm³/mol. The van der Waals surface area contributed by atoms with Crippen LogP contribution >= 0.6 is 0 Å². The number of nitrogens with one attached hydrogen (secondary N) is 2. The van der Waals surface area contributed by atoms with Gasteiger partial charge in [0, 0.05) is 43.2 Å². The van der Waals surface area contributed by atoms with E-state index < -0.39 is 29.7 Å². The summed E-state index contributed by atoms with van der Waals surface area (Å²) in [4.78, 5) is 41.2. The van der Waals surface area contributed by atoms with Crippen LogP contribution in [0.15, 0.2) is 54.6 Å². The van der Waals surface area contributed by atoms with Gasteiger partial charge in [-0.3, -0.25) is 14.4 Å². The Balaban J connectivity index is 1.67. The van der Waals surface area contributed by atoms with Crippen molar-refractivity contribution >= 4 is 17.7 Å². The minimum atomic E-state index is -1.17. The highest BCUT2D eigenvalue weighted by Crippen LogP contribution is 2.28. The van der Waals surface area contributed by atoms with Gasteiger partial charge >= 0.3 is 0 Å². The average molecular weight is 682 g/mol. The molecule has 0 spiro atoms. The normalized spacial score (nSPS) is 12.2. The Morgan fingerprint density at radius 3 is 2.14 bits per heavy atom. The van der Waals surface area contributed by atoms with E-state index in [1.165, 1.54) is 6.07 Å². The van der Waals surface area contributed by atoms with Crippen LogP contribution < -0.4 is 20.1 Å². The molecule has 3 rings (SSSR count). The molecule has 0 fully saturated rings. The highest BCUT2D eigenvalue weighted by atomic mass is 19.1. The van der Waals surface area contributed by atoms with Gasteiger partial charge in [0.1, 0.15) is 11.6 Å².